The molecule has 0 radical (unpaired) electrons. The van der Waals surface area contributed by atoms with Gasteiger partial charge in [-0.25, -0.2) is 0 Å². The van der Waals surface area contributed by atoms with Crippen molar-refractivity contribution < 1.29 is 9.90 Å². The highest BCUT2D eigenvalue weighted by Gasteiger charge is 2.32. The molecule has 82 valence electrons. The number of carboxylic acids is 1. The molecule has 1 saturated carbocycles. The van der Waals surface area contributed by atoms with Gasteiger partial charge in [0, 0.05) is 6.20 Å². The zero-order valence-electron chi connectivity index (χ0n) is 8.27. The molecule has 1 aromatic rings. The molecule has 1 heterocycles. The Labute approximate surface area is 92.8 Å². The number of rotatable bonds is 2. The van der Waals surface area contributed by atoms with E-state index in [4.69, 9.17) is 16.7 Å². The van der Waals surface area contributed by atoms with Crippen LogP contribution in [-0.2, 0) is 4.79 Å². The molecule has 1 aromatic heterocycles. The predicted octanol–water partition coefficient (Wildman–Crippen LogP) is 2.35. The average molecular weight is 229 g/mol. The fourth-order valence-corrected chi connectivity index (χ4v) is 2.36. The lowest BCUT2D eigenvalue weighted by molar-refractivity contribution is -0.144. The van der Waals surface area contributed by atoms with E-state index < -0.39 is 5.97 Å². The summed E-state index contributed by atoms with van der Waals surface area (Å²) in [5.41, 5.74) is 0. The molecule has 1 fully saturated rings. The summed E-state index contributed by atoms with van der Waals surface area (Å²) in [6.45, 7) is 0. The first kappa shape index (κ1) is 10.5. The summed E-state index contributed by atoms with van der Waals surface area (Å²) in [6.07, 6.45) is 6.91. The number of halogens is 1. The number of aliphatic carboxylic acids is 1. The van der Waals surface area contributed by atoms with E-state index in [-0.39, 0.29) is 12.0 Å². The Bertz CT molecular complexity index is 364. The van der Waals surface area contributed by atoms with Crippen LogP contribution in [0.4, 0.5) is 0 Å². The van der Waals surface area contributed by atoms with Gasteiger partial charge in [-0.05, 0) is 12.8 Å². The zero-order chi connectivity index (χ0) is 10.8. The fraction of sp³-hybridized carbons (Fsp3) is 0.600. The average Bonchev–Trinajstić information content (AvgIpc) is 2.65. The molecule has 0 spiro atoms. The van der Waals surface area contributed by atoms with Crippen LogP contribution in [0.5, 0.6) is 0 Å². The number of hydrogen-bond donors (Lipinski definition) is 1. The van der Waals surface area contributed by atoms with Crippen LogP contribution in [0.3, 0.4) is 0 Å². The molecule has 1 aliphatic rings. The van der Waals surface area contributed by atoms with Crippen molar-refractivity contribution >= 4 is 17.6 Å². The Hall–Kier alpha value is -1.03. The van der Waals surface area contributed by atoms with Crippen LogP contribution in [0, 0.1) is 5.92 Å². The van der Waals surface area contributed by atoms with Crippen molar-refractivity contribution in [3.05, 3.63) is 17.4 Å². The summed E-state index contributed by atoms with van der Waals surface area (Å²) in [5.74, 6) is -1.05. The minimum atomic E-state index is -0.730. The summed E-state index contributed by atoms with van der Waals surface area (Å²) < 4.78 is 1.69. The third-order valence-corrected chi connectivity index (χ3v) is 3.15. The second-order valence-electron chi connectivity index (χ2n) is 3.94. The van der Waals surface area contributed by atoms with Gasteiger partial charge in [0.25, 0.3) is 0 Å². The van der Waals surface area contributed by atoms with Gasteiger partial charge in [-0.15, -0.1) is 0 Å². The van der Waals surface area contributed by atoms with Crippen molar-refractivity contribution in [2.45, 2.75) is 31.7 Å². The Balaban J connectivity index is 2.21. The first-order valence-corrected chi connectivity index (χ1v) is 5.49. The lowest BCUT2D eigenvalue weighted by Gasteiger charge is -2.28. The Morgan fingerprint density at radius 1 is 1.53 bits per heavy atom. The van der Waals surface area contributed by atoms with Gasteiger partial charge >= 0.3 is 5.97 Å². The number of aromatic nitrogens is 2. The van der Waals surface area contributed by atoms with Gasteiger partial charge in [0.2, 0.25) is 0 Å². The minimum absolute atomic E-state index is 0.0382. The molecular formula is C10H13ClN2O2. The fourth-order valence-electron chi connectivity index (χ4n) is 2.21. The second kappa shape index (κ2) is 4.23. The molecule has 5 heteroatoms. The van der Waals surface area contributed by atoms with Gasteiger partial charge in [0.15, 0.2) is 0 Å². The minimum Gasteiger partial charge on any atom is -0.481 e. The summed E-state index contributed by atoms with van der Waals surface area (Å²) in [4.78, 5) is 11.1. The first-order chi connectivity index (χ1) is 7.18. The van der Waals surface area contributed by atoms with Crippen molar-refractivity contribution in [1.29, 1.82) is 0 Å². The largest absolute Gasteiger partial charge is 0.481 e. The predicted molar refractivity (Wildman–Crippen MR) is 55.9 cm³/mol. The molecular weight excluding hydrogens is 216 g/mol. The monoisotopic (exact) mass is 228 g/mol. The number of nitrogens with zero attached hydrogens (tertiary/aromatic N) is 2. The standard InChI is InChI=1S/C10H13ClN2O2/c11-7-5-12-13(6-7)9-4-2-1-3-8(9)10(14)15/h5-6,8-9H,1-4H2,(H,14,15). The van der Waals surface area contributed by atoms with E-state index in [0.29, 0.717) is 5.02 Å². The maximum atomic E-state index is 11.1. The van der Waals surface area contributed by atoms with Crippen molar-refractivity contribution in [2.24, 2.45) is 5.92 Å². The Morgan fingerprint density at radius 2 is 2.27 bits per heavy atom. The highest BCUT2D eigenvalue weighted by molar-refractivity contribution is 6.30. The first-order valence-electron chi connectivity index (χ1n) is 5.11. The lowest BCUT2D eigenvalue weighted by atomic mass is 9.85. The van der Waals surface area contributed by atoms with Crippen LogP contribution in [0.15, 0.2) is 12.4 Å². The summed E-state index contributed by atoms with van der Waals surface area (Å²) in [5, 5.41) is 13.8. The van der Waals surface area contributed by atoms with Crippen molar-refractivity contribution in [3.63, 3.8) is 0 Å². The van der Waals surface area contributed by atoms with Crippen LogP contribution in [0.2, 0.25) is 5.02 Å². The van der Waals surface area contributed by atoms with Gasteiger partial charge < -0.3 is 5.11 Å². The molecule has 1 aliphatic carbocycles. The quantitative estimate of drug-likeness (QED) is 0.846. The summed E-state index contributed by atoms with van der Waals surface area (Å²) in [6, 6.07) is -0.0382. The Kier molecular flexibility index (Phi) is 2.95. The van der Waals surface area contributed by atoms with Crippen LogP contribution in [0.25, 0.3) is 0 Å². The molecule has 4 nitrogen and oxygen atoms in total. The molecule has 0 aromatic carbocycles. The van der Waals surface area contributed by atoms with Crippen molar-refractivity contribution in [3.8, 4) is 0 Å². The van der Waals surface area contributed by atoms with E-state index in [9.17, 15) is 4.79 Å². The van der Waals surface area contributed by atoms with Crippen LogP contribution in [-0.4, -0.2) is 20.9 Å². The SMILES string of the molecule is O=C(O)C1CCCCC1n1cc(Cl)cn1. The van der Waals surface area contributed by atoms with Gasteiger partial charge in [0.05, 0.1) is 23.2 Å². The van der Waals surface area contributed by atoms with E-state index in [1.54, 1.807) is 17.1 Å². The van der Waals surface area contributed by atoms with Gasteiger partial charge in [-0.2, -0.15) is 5.10 Å². The van der Waals surface area contributed by atoms with E-state index >= 15 is 0 Å². The van der Waals surface area contributed by atoms with Crippen LogP contribution in [0.1, 0.15) is 31.7 Å². The molecule has 1 N–H and O–H groups in total. The van der Waals surface area contributed by atoms with Crippen LogP contribution < -0.4 is 0 Å². The maximum Gasteiger partial charge on any atom is 0.308 e. The third-order valence-electron chi connectivity index (χ3n) is 2.96. The van der Waals surface area contributed by atoms with E-state index in [1.165, 1.54) is 0 Å². The molecule has 0 saturated heterocycles. The molecule has 2 atom stereocenters. The molecule has 2 unspecified atom stereocenters. The number of carbonyl (C=O) groups is 1. The normalized spacial score (nSPS) is 26.5. The number of hydrogen-bond acceptors (Lipinski definition) is 2. The van der Waals surface area contributed by atoms with Crippen LogP contribution >= 0.6 is 11.6 Å². The van der Waals surface area contributed by atoms with Gasteiger partial charge in [0.1, 0.15) is 0 Å². The smallest absolute Gasteiger partial charge is 0.308 e. The van der Waals surface area contributed by atoms with E-state index in [2.05, 4.69) is 5.10 Å². The van der Waals surface area contributed by atoms with Gasteiger partial charge in [-0.1, -0.05) is 24.4 Å². The molecule has 0 amide bonds. The van der Waals surface area contributed by atoms with E-state index in [1.807, 2.05) is 0 Å². The maximum absolute atomic E-state index is 11.1. The highest BCUT2D eigenvalue weighted by atomic mass is 35.5. The van der Waals surface area contributed by atoms with Crippen molar-refractivity contribution in [1.82, 2.24) is 9.78 Å². The number of carboxylic acid groups (broad SMARTS) is 1. The molecule has 2 rings (SSSR count). The zero-order valence-corrected chi connectivity index (χ0v) is 9.02. The molecule has 0 aliphatic heterocycles. The molecule has 0 bridgehead atoms. The summed E-state index contributed by atoms with van der Waals surface area (Å²) >= 11 is 5.78. The Morgan fingerprint density at radius 3 is 2.87 bits per heavy atom. The topological polar surface area (TPSA) is 55.1 Å². The van der Waals surface area contributed by atoms with Crippen molar-refractivity contribution in [2.75, 3.05) is 0 Å². The van der Waals surface area contributed by atoms with Gasteiger partial charge in [-0.3, -0.25) is 9.48 Å². The second-order valence-corrected chi connectivity index (χ2v) is 4.37. The third kappa shape index (κ3) is 2.15. The highest BCUT2D eigenvalue weighted by Crippen LogP contribution is 2.34. The summed E-state index contributed by atoms with van der Waals surface area (Å²) in [7, 11) is 0. The lowest BCUT2D eigenvalue weighted by Crippen LogP contribution is -2.29. The van der Waals surface area contributed by atoms with E-state index in [0.717, 1.165) is 25.7 Å². The molecule has 15 heavy (non-hydrogen) atoms.